The predicted molar refractivity (Wildman–Crippen MR) is 129 cm³/mol. The summed E-state index contributed by atoms with van der Waals surface area (Å²) in [6.45, 7) is 11.3. The minimum absolute atomic E-state index is 0.220. The lowest BCUT2D eigenvalue weighted by Crippen LogP contribution is -2.47. The Balaban J connectivity index is 2.17. The van der Waals surface area contributed by atoms with Crippen molar-refractivity contribution >= 4 is 6.09 Å². The van der Waals surface area contributed by atoms with Gasteiger partial charge in [-0.25, -0.2) is 9.18 Å². The Kier molecular flexibility index (Phi) is 9.92. The molecule has 33 heavy (non-hydrogen) atoms. The number of alkyl carbamates (subject to hydrolysis) is 1. The second-order valence-electron chi connectivity index (χ2n) is 9.13. The lowest BCUT2D eigenvalue weighted by Gasteiger charge is -2.27. The number of aryl methyl sites for hydroxylation is 2. The molecule has 0 spiro atoms. The molecule has 0 aliphatic carbocycles. The number of ether oxygens (including phenoxy) is 2. The minimum Gasteiger partial charge on any atom is -0.489 e. The molecule has 0 aliphatic rings. The fourth-order valence-electron chi connectivity index (χ4n) is 3.49. The van der Waals surface area contributed by atoms with E-state index in [1.54, 1.807) is 32.9 Å². The topological polar surface area (TPSA) is 67.8 Å². The summed E-state index contributed by atoms with van der Waals surface area (Å²) < 4.78 is 25.0. The molecule has 0 aromatic heterocycles. The van der Waals surface area contributed by atoms with Gasteiger partial charge >= 0.3 is 6.09 Å². The van der Waals surface area contributed by atoms with Crippen LogP contribution in [-0.2, 0) is 24.0 Å². The summed E-state index contributed by atoms with van der Waals surface area (Å²) in [6.07, 6.45) is 2.34. The maximum atomic E-state index is 14.2. The van der Waals surface area contributed by atoms with E-state index < -0.39 is 29.7 Å². The van der Waals surface area contributed by atoms with E-state index in [1.807, 2.05) is 12.1 Å². The molecule has 0 radical (unpaired) electrons. The summed E-state index contributed by atoms with van der Waals surface area (Å²) in [4.78, 5) is 12.4. The van der Waals surface area contributed by atoms with Crippen LogP contribution in [0.25, 0.3) is 0 Å². The number of carbonyl (C=O) groups is 1. The molecule has 0 bridgehead atoms. The SMILES string of the molecule is C=CCOc1cc(F)cc(CC(NC(=O)OC(C)(C)C)C(O)CCc2cccc(CC)c2)c1. The molecule has 2 N–H and O–H groups in total. The summed E-state index contributed by atoms with van der Waals surface area (Å²) in [7, 11) is 0. The van der Waals surface area contributed by atoms with Crippen molar-refractivity contribution in [2.45, 2.75) is 71.1 Å². The van der Waals surface area contributed by atoms with Gasteiger partial charge in [-0.2, -0.15) is 0 Å². The molecule has 0 aliphatic heterocycles. The summed E-state index contributed by atoms with van der Waals surface area (Å²) in [5, 5.41) is 13.7. The lowest BCUT2D eigenvalue weighted by atomic mass is 9.95. The fraction of sp³-hybridized carbons (Fsp3) is 0.444. The third kappa shape index (κ3) is 9.66. The van der Waals surface area contributed by atoms with Crippen molar-refractivity contribution in [1.29, 1.82) is 0 Å². The molecule has 6 heteroatoms. The average Bonchev–Trinajstić information content (AvgIpc) is 2.74. The molecule has 0 saturated heterocycles. The van der Waals surface area contributed by atoms with Crippen molar-refractivity contribution in [2.24, 2.45) is 0 Å². The zero-order valence-electron chi connectivity index (χ0n) is 20.1. The Morgan fingerprint density at radius 2 is 1.91 bits per heavy atom. The first-order chi connectivity index (χ1) is 15.6. The first-order valence-corrected chi connectivity index (χ1v) is 11.4. The van der Waals surface area contributed by atoms with Crippen LogP contribution in [0.5, 0.6) is 5.75 Å². The first kappa shape index (κ1) is 26.4. The van der Waals surface area contributed by atoms with Crippen molar-refractivity contribution < 1.29 is 23.8 Å². The fourth-order valence-corrected chi connectivity index (χ4v) is 3.49. The number of carbonyl (C=O) groups excluding carboxylic acids is 1. The van der Waals surface area contributed by atoms with E-state index >= 15 is 0 Å². The molecule has 0 fully saturated rings. The molecule has 2 aromatic carbocycles. The van der Waals surface area contributed by atoms with Gasteiger partial charge in [-0.15, -0.1) is 0 Å². The van der Waals surface area contributed by atoms with Gasteiger partial charge in [-0.05, 0) is 75.3 Å². The van der Waals surface area contributed by atoms with Crippen LogP contribution in [0.4, 0.5) is 9.18 Å². The standard InChI is InChI=1S/C27H36FNO4/c1-6-13-32-23-16-21(15-22(28)18-23)17-24(29-26(31)33-27(3,4)5)25(30)12-11-20-10-8-9-19(7-2)14-20/h6,8-10,14-16,18,24-25,30H,1,7,11-13,17H2,2-5H3,(H,29,31). The molecule has 0 saturated carbocycles. The molecule has 2 aromatic rings. The maximum Gasteiger partial charge on any atom is 0.407 e. The van der Waals surface area contributed by atoms with Gasteiger partial charge in [0.1, 0.15) is 23.8 Å². The molecular weight excluding hydrogens is 421 g/mol. The van der Waals surface area contributed by atoms with Gasteiger partial charge in [0.2, 0.25) is 0 Å². The number of amides is 1. The number of aliphatic hydroxyl groups is 1. The van der Waals surface area contributed by atoms with Gasteiger partial charge in [-0.1, -0.05) is 43.8 Å². The Bertz CT molecular complexity index is 923. The van der Waals surface area contributed by atoms with Gasteiger partial charge < -0.3 is 19.9 Å². The Hall–Kier alpha value is -2.86. The van der Waals surface area contributed by atoms with Gasteiger partial charge in [0.15, 0.2) is 0 Å². The van der Waals surface area contributed by atoms with E-state index in [2.05, 4.69) is 31.0 Å². The molecule has 2 rings (SSSR count). The monoisotopic (exact) mass is 457 g/mol. The lowest BCUT2D eigenvalue weighted by molar-refractivity contribution is 0.0414. The molecule has 1 amide bonds. The summed E-state index contributed by atoms with van der Waals surface area (Å²) in [6, 6.07) is 11.9. The Morgan fingerprint density at radius 1 is 1.18 bits per heavy atom. The van der Waals surface area contributed by atoms with Crippen LogP contribution in [0.1, 0.15) is 50.8 Å². The van der Waals surface area contributed by atoms with E-state index in [1.165, 1.54) is 17.7 Å². The van der Waals surface area contributed by atoms with E-state index in [0.717, 1.165) is 12.0 Å². The highest BCUT2D eigenvalue weighted by atomic mass is 19.1. The third-order valence-electron chi connectivity index (χ3n) is 5.05. The Morgan fingerprint density at radius 3 is 2.58 bits per heavy atom. The van der Waals surface area contributed by atoms with Crippen molar-refractivity contribution in [3.63, 3.8) is 0 Å². The van der Waals surface area contributed by atoms with Crippen molar-refractivity contribution in [3.05, 3.63) is 77.6 Å². The van der Waals surface area contributed by atoms with Crippen molar-refractivity contribution in [1.82, 2.24) is 5.32 Å². The quantitative estimate of drug-likeness (QED) is 0.445. The van der Waals surface area contributed by atoms with Crippen molar-refractivity contribution in [2.75, 3.05) is 6.61 Å². The van der Waals surface area contributed by atoms with E-state index in [9.17, 15) is 14.3 Å². The molecule has 2 unspecified atom stereocenters. The van der Waals surface area contributed by atoms with E-state index in [-0.39, 0.29) is 13.0 Å². The van der Waals surface area contributed by atoms with Gasteiger partial charge in [0, 0.05) is 6.07 Å². The van der Waals surface area contributed by atoms with Crippen LogP contribution in [0.3, 0.4) is 0 Å². The first-order valence-electron chi connectivity index (χ1n) is 11.4. The van der Waals surface area contributed by atoms with Crippen molar-refractivity contribution in [3.8, 4) is 5.75 Å². The second-order valence-corrected chi connectivity index (χ2v) is 9.13. The summed E-state index contributed by atoms with van der Waals surface area (Å²) >= 11 is 0. The zero-order valence-corrected chi connectivity index (χ0v) is 20.1. The Labute approximate surface area is 196 Å². The van der Waals surface area contributed by atoms with E-state index in [4.69, 9.17) is 9.47 Å². The predicted octanol–water partition coefficient (Wildman–Crippen LogP) is 5.38. The molecule has 180 valence electrons. The number of benzene rings is 2. The number of nitrogens with one attached hydrogen (secondary N) is 1. The maximum absolute atomic E-state index is 14.2. The number of hydrogen-bond donors (Lipinski definition) is 2. The minimum atomic E-state index is -0.858. The largest absolute Gasteiger partial charge is 0.489 e. The van der Waals surface area contributed by atoms with Crippen LogP contribution < -0.4 is 10.1 Å². The van der Waals surface area contributed by atoms with Crippen LogP contribution in [0.15, 0.2) is 55.1 Å². The van der Waals surface area contributed by atoms with Gasteiger partial charge in [0.05, 0.1) is 12.1 Å². The summed E-state index contributed by atoms with van der Waals surface area (Å²) in [5.41, 5.74) is 2.28. The highest BCUT2D eigenvalue weighted by molar-refractivity contribution is 5.68. The van der Waals surface area contributed by atoms with Crippen LogP contribution in [-0.4, -0.2) is 35.6 Å². The zero-order chi connectivity index (χ0) is 24.4. The number of aliphatic hydroxyl groups excluding tert-OH is 1. The smallest absolute Gasteiger partial charge is 0.407 e. The molecule has 2 atom stereocenters. The number of hydrogen-bond acceptors (Lipinski definition) is 4. The third-order valence-corrected chi connectivity index (χ3v) is 5.05. The molecular formula is C27H36FNO4. The van der Waals surface area contributed by atoms with Crippen LogP contribution in [0, 0.1) is 5.82 Å². The number of rotatable bonds is 11. The summed E-state index contributed by atoms with van der Waals surface area (Å²) in [5.74, 6) is -0.0831. The molecule has 5 nitrogen and oxygen atoms in total. The normalized spacial score (nSPS) is 13.2. The van der Waals surface area contributed by atoms with E-state index in [0.29, 0.717) is 24.2 Å². The highest BCUT2D eigenvalue weighted by Crippen LogP contribution is 2.20. The highest BCUT2D eigenvalue weighted by Gasteiger charge is 2.25. The second kappa shape index (κ2) is 12.4. The van der Waals surface area contributed by atoms with Gasteiger partial charge in [0.25, 0.3) is 0 Å². The molecule has 0 heterocycles. The number of halogens is 1. The van der Waals surface area contributed by atoms with Crippen LogP contribution in [0.2, 0.25) is 0 Å². The van der Waals surface area contributed by atoms with Crippen LogP contribution >= 0.6 is 0 Å². The van der Waals surface area contributed by atoms with Gasteiger partial charge in [-0.3, -0.25) is 0 Å². The average molecular weight is 458 g/mol.